The van der Waals surface area contributed by atoms with E-state index in [1.807, 2.05) is 12.1 Å². The Hall–Kier alpha value is -3.29. The molecular formula is C18H16FN5O2. The van der Waals surface area contributed by atoms with Gasteiger partial charge in [0.2, 0.25) is 0 Å². The molecule has 0 spiro atoms. The van der Waals surface area contributed by atoms with Gasteiger partial charge in [0.05, 0.1) is 11.4 Å². The van der Waals surface area contributed by atoms with Gasteiger partial charge >= 0.3 is 0 Å². The number of rotatable bonds is 4. The van der Waals surface area contributed by atoms with Gasteiger partial charge in [-0.15, -0.1) is 5.10 Å². The van der Waals surface area contributed by atoms with E-state index in [0.29, 0.717) is 23.7 Å². The second-order valence-electron chi connectivity index (χ2n) is 5.94. The molecule has 8 heteroatoms. The molecule has 2 heterocycles. The van der Waals surface area contributed by atoms with Crippen LogP contribution in [-0.4, -0.2) is 39.3 Å². The van der Waals surface area contributed by atoms with E-state index in [0.717, 1.165) is 18.4 Å². The molecule has 0 unspecified atom stereocenters. The summed E-state index contributed by atoms with van der Waals surface area (Å²) in [5, 5.41) is 11.0. The predicted octanol–water partition coefficient (Wildman–Crippen LogP) is 2.16. The molecule has 0 fully saturated rings. The van der Waals surface area contributed by atoms with E-state index in [-0.39, 0.29) is 18.3 Å². The number of halogens is 1. The number of benzene rings is 2. The lowest BCUT2D eigenvalue weighted by Gasteiger charge is -2.29. The first-order valence-corrected chi connectivity index (χ1v) is 8.26. The van der Waals surface area contributed by atoms with Crippen molar-refractivity contribution in [1.82, 2.24) is 20.2 Å². The second-order valence-corrected chi connectivity index (χ2v) is 5.94. The highest BCUT2D eigenvalue weighted by Gasteiger charge is 2.25. The predicted molar refractivity (Wildman–Crippen MR) is 91.7 cm³/mol. The molecule has 26 heavy (non-hydrogen) atoms. The lowest BCUT2D eigenvalue weighted by atomic mass is 10.0. The zero-order valence-corrected chi connectivity index (χ0v) is 13.9. The van der Waals surface area contributed by atoms with Gasteiger partial charge in [-0.25, -0.2) is 9.07 Å². The molecule has 4 rings (SSSR count). The molecule has 0 saturated heterocycles. The van der Waals surface area contributed by atoms with Crippen molar-refractivity contribution < 1.29 is 13.9 Å². The number of carbonyl (C=O) groups is 1. The standard InChI is InChI=1S/C18H16FN5O2/c19-16-8-1-4-13-5-3-9-23(18(13)16)17(25)11-26-15-7-2-6-14(10-15)24-12-20-21-22-24/h1-2,4,6-8,10,12H,3,5,9,11H2. The number of aromatic nitrogens is 4. The highest BCUT2D eigenvalue weighted by atomic mass is 19.1. The average Bonchev–Trinajstić information content (AvgIpc) is 3.21. The third kappa shape index (κ3) is 3.13. The summed E-state index contributed by atoms with van der Waals surface area (Å²) in [6, 6.07) is 12.0. The Morgan fingerprint density at radius 2 is 2.12 bits per heavy atom. The molecule has 0 aliphatic carbocycles. The highest BCUT2D eigenvalue weighted by Crippen LogP contribution is 2.30. The van der Waals surface area contributed by atoms with Crippen LogP contribution >= 0.6 is 0 Å². The fourth-order valence-electron chi connectivity index (χ4n) is 3.07. The summed E-state index contributed by atoms with van der Waals surface area (Å²) in [6.45, 7) is 0.313. The number of nitrogens with zero attached hydrogens (tertiary/aromatic N) is 5. The number of para-hydroxylation sites is 1. The van der Waals surface area contributed by atoms with Crippen molar-refractivity contribution in [3.8, 4) is 11.4 Å². The zero-order chi connectivity index (χ0) is 17.9. The number of fused-ring (bicyclic) bond motifs is 1. The Labute approximate surface area is 149 Å². The third-order valence-corrected chi connectivity index (χ3v) is 4.26. The Morgan fingerprint density at radius 1 is 1.23 bits per heavy atom. The quantitative estimate of drug-likeness (QED) is 0.719. The number of amides is 1. The molecule has 0 radical (unpaired) electrons. The molecule has 3 aromatic rings. The molecular weight excluding hydrogens is 337 g/mol. The SMILES string of the molecule is O=C(COc1cccc(-n2cnnn2)c1)N1CCCc2cccc(F)c21. The normalized spacial score (nSPS) is 13.3. The van der Waals surface area contributed by atoms with Gasteiger partial charge in [-0.3, -0.25) is 4.79 Å². The van der Waals surface area contributed by atoms with Crippen LogP contribution in [0.2, 0.25) is 0 Å². The smallest absolute Gasteiger partial charge is 0.265 e. The maximum absolute atomic E-state index is 14.2. The molecule has 2 aromatic carbocycles. The van der Waals surface area contributed by atoms with E-state index in [1.54, 1.807) is 24.3 Å². The summed E-state index contributed by atoms with van der Waals surface area (Å²) in [5.74, 6) is -0.141. The Kier molecular flexibility index (Phi) is 4.30. The van der Waals surface area contributed by atoms with E-state index >= 15 is 0 Å². The van der Waals surface area contributed by atoms with Crippen LogP contribution in [0, 0.1) is 5.82 Å². The van der Waals surface area contributed by atoms with Crippen molar-refractivity contribution in [1.29, 1.82) is 0 Å². The highest BCUT2D eigenvalue weighted by molar-refractivity contribution is 5.95. The molecule has 1 aromatic heterocycles. The van der Waals surface area contributed by atoms with Gasteiger partial charge in [0.25, 0.3) is 5.91 Å². The maximum Gasteiger partial charge on any atom is 0.265 e. The van der Waals surface area contributed by atoms with Crippen LogP contribution in [0.1, 0.15) is 12.0 Å². The van der Waals surface area contributed by atoms with Crippen LogP contribution in [0.25, 0.3) is 5.69 Å². The van der Waals surface area contributed by atoms with Crippen molar-refractivity contribution >= 4 is 11.6 Å². The van der Waals surface area contributed by atoms with Crippen LogP contribution in [0.4, 0.5) is 10.1 Å². The van der Waals surface area contributed by atoms with Gasteiger partial charge in [-0.05, 0) is 47.0 Å². The number of hydrogen-bond acceptors (Lipinski definition) is 5. The number of aryl methyl sites for hydroxylation is 1. The van der Waals surface area contributed by atoms with Crippen molar-refractivity contribution in [3.63, 3.8) is 0 Å². The number of anilines is 1. The molecule has 132 valence electrons. The molecule has 0 N–H and O–H groups in total. The molecule has 7 nitrogen and oxygen atoms in total. The molecule has 1 aliphatic heterocycles. The molecule has 1 aliphatic rings. The van der Waals surface area contributed by atoms with E-state index in [1.165, 1.54) is 22.0 Å². The van der Waals surface area contributed by atoms with Crippen molar-refractivity contribution in [2.45, 2.75) is 12.8 Å². The zero-order valence-electron chi connectivity index (χ0n) is 13.9. The van der Waals surface area contributed by atoms with E-state index in [2.05, 4.69) is 15.5 Å². The molecule has 1 amide bonds. The van der Waals surface area contributed by atoms with Crippen LogP contribution in [0.5, 0.6) is 5.75 Å². The number of tetrazole rings is 1. The second kappa shape index (κ2) is 6.91. The van der Waals surface area contributed by atoms with E-state index in [4.69, 9.17) is 4.74 Å². The largest absolute Gasteiger partial charge is 0.484 e. The van der Waals surface area contributed by atoms with Gasteiger partial charge < -0.3 is 9.64 Å². The van der Waals surface area contributed by atoms with E-state index in [9.17, 15) is 9.18 Å². The van der Waals surface area contributed by atoms with Crippen LogP contribution in [0.3, 0.4) is 0 Å². The molecule has 0 bridgehead atoms. The average molecular weight is 353 g/mol. The first kappa shape index (κ1) is 16.2. The van der Waals surface area contributed by atoms with Crippen molar-refractivity contribution in [2.24, 2.45) is 0 Å². The minimum absolute atomic E-state index is 0.174. The minimum Gasteiger partial charge on any atom is -0.484 e. The van der Waals surface area contributed by atoms with E-state index < -0.39 is 0 Å². The summed E-state index contributed by atoms with van der Waals surface area (Å²) in [7, 11) is 0. The summed E-state index contributed by atoms with van der Waals surface area (Å²) >= 11 is 0. The van der Waals surface area contributed by atoms with Crippen LogP contribution in [0.15, 0.2) is 48.8 Å². The number of carbonyl (C=O) groups excluding carboxylic acids is 1. The number of ether oxygens (including phenoxy) is 1. The minimum atomic E-state index is -0.378. The Bertz CT molecular complexity index is 929. The summed E-state index contributed by atoms with van der Waals surface area (Å²) in [5.41, 5.74) is 1.94. The van der Waals surface area contributed by atoms with Crippen LogP contribution < -0.4 is 9.64 Å². The van der Waals surface area contributed by atoms with Gasteiger partial charge in [0.15, 0.2) is 6.61 Å². The Morgan fingerprint density at radius 3 is 2.96 bits per heavy atom. The first-order valence-electron chi connectivity index (χ1n) is 8.26. The monoisotopic (exact) mass is 353 g/mol. The lowest BCUT2D eigenvalue weighted by molar-refractivity contribution is -0.120. The number of hydrogen-bond donors (Lipinski definition) is 0. The third-order valence-electron chi connectivity index (χ3n) is 4.26. The fourth-order valence-corrected chi connectivity index (χ4v) is 3.07. The van der Waals surface area contributed by atoms with Crippen molar-refractivity contribution in [3.05, 3.63) is 60.2 Å². The van der Waals surface area contributed by atoms with Gasteiger partial charge in [-0.1, -0.05) is 18.2 Å². The lowest BCUT2D eigenvalue weighted by Crippen LogP contribution is -2.39. The molecule has 0 atom stereocenters. The maximum atomic E-state index is 14.2. The van der Waals surface area contributed by atoms with Gasteiger partial charge in [-0.2, -0.15) is 0 Å². The van der Waals surface area contributed by atoms with Crippen LogP contribution in [-0.2, 0) is 11.2 Å². The van der Waals surface area contributed by atoms with Gasteiger partial charge in [0.1, 0.15) is 17.9 Å². The first-order chi connectivity index (χ1) is 12.7. The topological polar surface area (TPSA) is 73.1 Å². The fraction of sp³-hybridized carbons (Fsp3) is 0.222. The molecule has 0 saturated carbocycles. The Balaban J connectivity index is 1.48. The summed E-state index contributed by atoms with van der Waals surface area (Å²) in [4.78, 5) is 14.1. The summed E-state index contributed by atoms with van der Waals surface area (Å²) < 4.78 is 21.3. The summed E-state index contributed by atoms with van der Waals surface area (Å²) in [6.07, 6.45) is 3.04. The van der Waals surface area contributed by atoms with Gasteiger partial charge in [0, 0.05) is 12.6 Å². The van der Waals surface area contributed by atoms with Crippen molar-refractivity contribution in [2.75, 3.05) is 18.1 Å².